The molecule has 0 spiro atoms. The van der Waals surface area contributed by atoms with Gasteiger partial charge in [-0.2, -0.15) is 0 Å². The molecule has 2 rings (SSSR count). The van der Waals surface area contributed by atoms with Gasteiger partial charge >= 0.3 is 5.97 Å². The van der Waals surface area contributed by atoms with Gasteiger partial charge in [0.15, 0.2) is 11.5 Å². The fourth-order valence-electron chi connectivity index (χ4n) is 1.51. The van der Waals surface area contributed by atoms with E-state index in [0.29, 0.717) is 17.1 Å². The highest BCUT2D eigenvalue weighted by Gasteiger charge is 2.24. The minimum absolute atomic E-state index is 0. The van der Waals surface area contributed by atoms with Crippen LogP contribution in [0, 0.1) is 6.92 Å². The normalized spacial score (nSPS) is 17.1. The summed E-state index contributed by atoms with van der Waals surface area (Å²) in [6, 6.07) is 3.15. The Balaban J connectivity index is 0.00000112. The first-order valence-corrected chi connectivity index (χ1v) is 4.30. The van der Waals surface area contributed by atoms with Crippen molar-refractivity contribution >= 4 is 18.4 Å². The summed E-state index contributed by atoms with van der Waals surface area (Å²) in [6.07, 6.45) is -0.340. The Labute approximate surface area is 93.2 Å². The maximum Gasteiger partial charge on any atom is 0.336 e. The van der Waals surface area contributed by atoms with E-state index < -0.39 is 5.97 Å². The summed E-state index contributed by atoms with van der Waals surface area (Å²) >= 11 is 0. The van der Waals surface area contributed by atoms with Crippen molar-refractivity contribution < 1.29 is 19.4 Å². The molecule has 0 saturated heterocycles. The van der Waals surface area contributed by atoms with E-state index in [1.807, 2.05) is 0 Å². The molecule has 1 N–H and O–H groups in total. The van der Waals surface area contributed by atoms with Crippen LogP contribution in [0.5, 0.6) is 11.5 Å². The van der Waals surface area contributed by atoms with Crippen LogP contribution in [0.4, 0.5) is 0 Å². The number of hydrogen-bond donors (Lipinski definition) is 1. The number of carboxylic acid groups (broad SMARTS) is 1. The Bertz CT molecular complexity index is 403. The number of ether oxygens (including phenoxy) is 2. The van der Waals surface area contributed by atoms with E-state index in [1.165, 1.54) is 6.07 Å². The van der Waals surface area contributed by atoms with Crippen LogP contribution in [-0.4, -0.2) is 17.4 Å². The molecule has 82 valence electrons. The molecule has 1 heterocycles. The first-order valence-electron chi connectivity index (χ1n) is 4.30. The average molecular weight is 231 g/mol. The van der Waals surface area contributed by atoms with Crippen molar-refractivity contribution in [3.05, 3.63) is 23.3 Å². The Hall–Kier alpha value is -1.42. The molecular formula is C10H11ClO4. The summed E-state index contributed by atoms with van der Waals surface area (Å²) in [5, 5.41) is 8.87. The van der Waals surface area contributed by atoms with Gasteiger partial charge in [-0.25, -0.2) is 4.79 Å². The van der Waals surface area contributed by atoms with Gasteiger partial charge in [0.2, 0.25) is 6.29 Å². The number of halogens is 1. The smallest absolute Gasteiger partial charge is 0.336 e. The SMILES string of the molecule is Cc1c(C(=O)O)ccc2c1OC(C)O2.Cl. The van der Waals surface area contributed by atoms with Crippen molar-refractivity contribution in [2.24, 2.45) is 0 Å². The van der Waals surface area contributed by atoms with Crippen LogP contribution in [0.1, 0.15) is 22.8 Å². The number of fused-ring (bicyclic) bond motifs is 1. The first-order chi connectivity index (χ1) is 6.59. The third-order valence-corrected chi connectivity index (χ3v) is 2.18. The zero-order valence-electron chi connectivity index (χ0n) is 8.31. The van der Waals surface area contributed by atoms with Gasteiger partial charge in [0, 0.05) is 12.5 Å². The third-order valence-electron chi connectivity index (χ3n) is 2.18. The Morgan fingerprint density at radius 3 is 2.67 bits per heavy atom. The van der Waals surface area contributed by atoms with Crippen LogP contribution in [0.2, 0.25) is 0 Å². The summed E-state index contributed by atoms with van der Waals surface area (Å²) in [4.78, 5) is 10.8. The highest BCUT2D eigenvalue weighted by Crippen LogP contribution is 2.38. The predicted octanol–water partition coefficient (Wildman–Crippen LogP) is 2.23. The predicted molar refractivity (Wildman–Crippen MR) is 56.1 cm³/mol. The van der Waals surface area contributed by atoms with Gasteiger partial charge in [-0.05, 0) is 19.1 Å². The summed E-state index contributed by atoms with van der Waals surface area (Å²) in [5.74, 6) is 0.200. The van der Waals surface area contributed by atoms with Crippen LogP contribution in [-0.2, 0) is 0 Å². The highest BCUT2D eigenvalue weighted by atomic mass is 35.5. The minimum Gasteiger partial charge on any atom is -0.478 e. The fourth-order valence-corrected chi connectivity index (χ4v) is 1.51. The van der Waals surface area contributed by atoms with Crippen molar-refractivity contribution in [2.75, 3.05) is 0 Å². The lowest BCUT2D eigenvalue weighted by Crippen LogP contribution is -2.11. The van der Waals surface area contributed by atoms with Crippen molar-refractivity contribution in [2.45, 2.75) is 20.1 Å². The van der Waals surface area contributed by atoms with Crippen LogP contribution in [0.3, 0.4) is 0 Å². The van der Waals surface area contributed by atoms with Gasteiger partial charge < -0.3 is 14.6 Å². The van der Waals surface area contributed by atoms with Gasteiger partial charge in [-0.1, -0.05) is 0 Å². The lowest BCUT2D eigenvalue weighted by atomic mass is 10.1. The Morgan fingerprint density at radius 2 is 2.07 bits per heavy atom. The van der Waals surface area contributed by atoms with Gasteiger partial charge in [-0.3, -0.25) is 0 Å². The van der Waals surface area contributed by atoms with Crippen LogP contribution in [0.25, 0.3) is 0 Å². The van der Waals surface area contributed by atoms with E-state index in [9.17, 15) is 4.79 Å². The molecule has 1 aliphatic rings. The van der Waals surface area contributed by atoms with Crippen molar-refractivity contribution in [1.29, 1.82) is 0 Å². The Kier molecular flexibility index (Phi) is 3.09. The summed E-state index contributed by atoms with van der Waals surface area (Å²) < 4.78 is 10.7. The molecule has 1 aromatic carbocycles. The molecule has 0 radical (unpaired) electrons. The lowest BCUT2D eigenvalue weighted by molar-refractivity contribution is 0.0662. The van der Waals surface area contributed by atoms with Crippen molar-refractivity contribution in [3.63, 3.8) is 0 Å². The maximum absolute atomic E-state index is 10.8. The molecule has 0 aromatic heterocycles. The molecule has 0 saturated carbocycles. The summed E-state index contributed by atoms with van der Waals surface area (Å²) in [6.45, 7) is 3.48. The largest absolute Gasteiger partial charge is 0.478 e. The zero-order valence-corrected chi connectivity index (χ0v) is 9.13. The molecule has 0 fully saturated rings. The molecule has 5 heteroatoms. The van der Waals surface area contributed by atoms with E-state index in [-0.39, 0.29) is 24.3 Å². The van der Waals surface area contributed by atoms with E-state index >= 15 is 0 Å². The first kappa shape index (κ1) is 11.7. The lowest BCUT2D eigenvalue weighted by Gasteiger charge is -2.04. The zero-order chi connectivity index (χ0) is 10.3. The quantitative estimate of drug-likeness (QED) is 0.804. The average Bonchev–Trinajstić information content (AvgIpc) is 2.46. The third kappa shape index (κ3) is 1.85. The van der Waals surface area contributed by atoms with Crippen molar-refractivity contribution in [1.82, 2.24) is 0 Å². The molecule has 1 atom stereocenters. The van der Waals surface area contributed by atoms with Crippen LogP contribution >= 0.6 is 12.4 Å². The number of carbonyl (C=O) groups is 1. The topological polar surface area (TPSA) is 55.8 Å². The van der Waals surface area contributed by atoms with Crippen LogP contribution in [0.15, 0.2) is 12.1 Å². The molecule has 1 unspecified atom stereocenters. The second-order valence-corrected chi connectivity index (χ2v) is 3.17. The van der Waals surface area contributed by atoms with E-state index in [0.717, 1.165) is 0 Å². The van der Waals surface area contributed by atoms with E-state index in [2.05, 4.69) is 0 Å². The molecule has 0 amide bonds. The minimum atomic E-state index is -0.951. The second kappa shape index (κ2) is 3.98. The molecule has 4 nitrogen and oxygen atoms in total. The number of hydrogen-bond acceptors (Lipinski definition) is 3. The van der Waals surface area contributed by atoms with E-state index in [4.69, 9.17) is 14.6 Å². The van der Waals surface area contributed by atoms with Crippen molar-refractivity contribution in [3.8, 4) is 11.5 Å². The van der Waals surface area contributed by atoms with Gasteiger partial charge in [0.05, 0.1) is 5.56 Å². The summed E-state index contributed by atoms with van der Waals surface area (Å²) in [7, 11) is 0. The molecule has 0 aliphatic carbocycles. The molecule has 1 aliphatic heterocycles. The highest BCUT2D eigenvalue weighted by molar-refractivity contribution is 5.90. The van der Waals surface area contributed by atoms with E-state index in [1.54, 1.807) is 19.9 Å². The maximum atomic E-state index is 10.8. The second-order valence-electron chi connectivity index (χ2n) is 3.17. The van der Waals surface area contributed by atoms with Gasteiger partial charge in [0.25, 0.3) is 0 Å². The standard InChI is InChI=1S/C10H10O4.ClH/c1-5-7(10(11)12)3-4-8-9(5)14-6(2)13-8;/h3-4,6H,1-2H3,(H,11,12);1H. The summed E-state index contributed by atoms with van der Waals surface area (Å²) in [5.41, 5.74) is 0.862. The molecule has 15 heavy (non-hydrogen) atoms. The van der Waals surface area contributed by atoms with Gasteiger partial charge in [-0.15, -0.1) is 12.4 Å². The number of carboxylic acids is 1. The number of aromatic carboxylic acids is 1. The van der Waals surface area contributed by atoms with Crippen LogP contribution < -0.4 is 9.47 Å². The Morgan fingerprint density at radius 1 is 1.40 bits per heavy atom. The fraction of sp³-hybridized carbons (Fsp3) is 0.300. The number of rotatable bonds is 1. The number of benzene rings is 1. The monoisotopic (exact) mass is 230 g/mol. The molecule has 1 aromatic rings. The van der Waals surface area contributed by atoms with Gasteiger partial charge in [0.1, 0.15) is 0 Å². The molecular weight excluding hydrogens is 220 g/mol. The molecule has 0 bridgehead atoms.